The predicted molar refractivity (Wildman–Crippen MR) is 66.0 cm³/mol. The molecule has 0 saturated heterocycles. The molecule has 4 heteroatoms. The molecule has 0 aliphatic heterocycles. The highest BCUT2D eigenvalue weighted by Crippen LogP contribution is 2.15. The van der Waals surface area contributed by atoms with Gasteiger partial charge < -0.3 is 5.11 Å². The molecule has 0 radical (unpaired) electrons. The van der Waals surface area contributed by atoms with Crippen molar-refractivity contribution in [3.8, 4) is 0 Å². The van der Waals surface area contributed by atoms with Crippen molar-refractivity contribution in [1.82, 2.24) is 0 Å². The van der Waals surface area contributed by atoms with Crippen LogP contribution in [0.15, 0.2) is 30.3 Å². The molecule has 1 unspecified atom stereocenters. The van der Waals surface area contributed by atoms with Gasteiger partial charge in [-0.2, -0.15) is 0 Å². The van der Waals surface area contributed by atoms with E-state index in [9.17, 15) is 9.59 Å². The molecule has 1 atom stereocenters. The summed E-state index contributed by atoms with van der Waals surface area (Å²) < 4.78 is 0. The van der Waals surface area contributed by atoms with Crippen LogP contribution in [0.4, 0.5) is 0 Å². The van der Waals surface area contributed by atoms with Crippen LogP contribution in [0.5, 0.6) is 0 Å². The van der Waals surface area contributed by atoms with Gasteiger partial charge in [-0.15, -0.1) is 0 Å². The van der Waals surface area contributed by atoms with Gasteiger partial charge in [0.15, 0.2) is 0 Å². The summed E-state index contributed by atoms with van der Waals surface area (Å²) in [6, 6.07) is 9.85. The molecule has 0 amide bonds. The monoisotopic (exact) mass is 254 g/mol. The van der Waals surface area contributed by atoms with E-state index in [1.54, 1.807) is 0 Å². The second-order valence-corrected chi connectivity index (χ2v) is 4.39. The summed E-state index contributed by atoms with van der Waals surface area (Å²) >= 11 is 5.21. The molecule has 3 nitrogen and oxygen atoms in total. The van der Waals surface area contributed by atoms with Gasteiger partial charge in [-0.25, -0.2) is 0 Å². The zero-order valence-electron chi connectivity index (χ0n) is 9.43. The fourth-order valence-corrected chi connectivity index (χ4v) is 1.89. The minimum atomic E-state index is -0.952. The number of carboxylic acids is 1. The fraction of sp³-hybridized carbons (Fsp3) is 0.385. The summed E-state index contributed by atoms with van der Waals surface area (Å²) in [4.78, 5) is 21.6. The Kier molecular flexibility index (Phi) is 5.70. The van der Waals surface area contributed by atoms with E-state index in [2.05, 4.69) is 0 Å². The maximum atomic E-state index is 10.9. The van der Waals surface area contributed by atoms with Crippen LogP contribution < -0.4 is 0 Å². The lowest BCUT2D eigenvalue weighted by molar-refractivity contribution is -0.143. The summed E-state index contributed by atoms with van der Waals surface area (Å²) in [5, 5.41) is 8.32. The summed E-state index contributed by atoms with van der Waals surface area (Å²) in [6.45, 7) is 0. The standard InChI is InChI=1S/C13H15ClO3/c14-12(15)9-11(13(16)17)8-4-7-10-5-2-1-3-6-10/h1-3,5-6,11H,4,7-9H2,(H,16,17). The number of hydrogen-bond acceptors (Lipinski definition) is 2. The van der Waals surface area contributed by atoms with E-state index in [1.165, 1.54) is 5.56 Å². The fourth-order valence-electron chi connectivity index (χ4n) is 1.70. The number of carbonyl (C=O) groups is 2. The average Bonchev–Trinajstić information content (AvgIpc) is 2.28. The van der Waals surface area contributed by atoms with Crippen molar-refractivity contribution < 1.29 is 14.7 Å². The van der Waals surface area contributed by atoms with E-state index in [4.69, 9.17) is 16.7 Å². The number of rotatable bonds is 7. The van der Waals surface area contributed by atoms with Crippen LogP contribution in [-0.2, 0) is 16.0 Å². The summed E-state index contributed by atoms with van der Waals surface area (Å²) in [5.74, 6) is -1.62. The van der Waals surface area contributed by atoms with Gasteiger partial charge in [0.05, 0.1) is 5.92 Å². The van der Waals surface area contributed by atoms with E-state index in [0.29, 0.717) is 6.42 Å². The SMILES string of the molecule is O=C(Cl)CC(CCCc1ccccc1)C(=O)O. The third kappa shape index (κ3) is 5.50. The quantitative estimate of drug-likeness (QED) is 0.762. The maximum absolute atomic E-state index is 10.9. The zero-order valence-corrected chi connectivity index (χ0v) is 10.2. The molecular formula is C13H15ClO3. The molecular weight excluding hydrogens is 240 g/mol. The minimum Gasteiger partial charge on any atom is -0.481 e. The molecule has 0 spiro atoms. The van der Waals surface area contributed by atoms with Crippen molar-refractivity contribution in [1.29, 1.82) is 0 Å². The van der Waals surface area contributed by atoms with Crippen LogP contribution in [0, 0.1) is 5.92 Å². The van der Waals surface area contributed by atoms with E-state index in [1.807, 2.05) is 30.3 Å². The van der Waals surface area contributed by atoms with Gasteiger partial charge >= 0.3 is 5.97 Å². The number of carbonyl (C=O) groups excluding carboxylic acids is 1. The molecule has 92 valence electrons. The lowest BCUT2D eigenvalue weighted by Gasteiger charge is -2.09. The molecule has 1 rings (SSSR count). The highest BCUT2D eigenvalue weighted by molar-refractivity contribution is 6.63. The number of hydrogen-bond donors (Lipinski definition) is 1. The molecule has 1 N–H and O–H groups in total. The van der Waals surface area contributed by atoms with Crippen LogP contribution in [0.3, 0.4) is 0 Å². The first kappa shape index (κ1) is 13.7. The molecule has 0 aromatic heterocycles. The number of benzene rings is 1. The van der Waals surface area contributed by atoms with Gasteiger partial charge in [-0.1, -0.05) is 30.3 Å². The van der Waals surface area contributed by atoms with Crippen LogP contribution >= 0.6 is 11.6 Å². The van der Waals surface area contributed by atoms with Crippen molar-refractivity contribution in [2.75, 3.05) is 0 Å². The topological polar surface area (TPSA) is 54.4 Å². The first-order chi connectivity index (χ1) is 8.09. The molecule has 0 bridgehead atoms. The predicted octanol–water partition coefficient (Wildman–Crippen LogP) is 2.87. The normalized spacial score (nSPS) is 12.1. The van der Waals surface area contributed by atoms with E-state index >= 15 is 0 Å². The number of carboxylic acid groups (broad SMARTS) is 1. The number of halogens is 1. The van der Waals surface area contributed by atoms with Crippen LogP contribution in [0.2, 0.25) is 0 Å². The van der Waals surface area contributed by atoms with Gasteiger partial charge in [0, 0.05) is 6.42 Å². The molecule has 0 fully saturated rings. The summed E-state index contributed by atoms with van der Waals surface area (Å²) in [7, 11) is 0. The van der Waals surface area contributed by atoms with E-state index in [0.717, 1.165) is 12.8 Å². The lowest BCUT2D eigenvalue weighted by atomic mass is 9.97. The molecule has 0 heterocycles. The third-order valence-electron chi connectivity index (χ3n) is 2.62. The Hall–Kier alpha value is -1.35. The first-order valence-electron chi connectivity index (χ1n) is 5.54. The Balaban J connectivity index is 2.37. The zero-order chi connectivity index (χ0) is 12.7. The van der Waals surface area contributed by atoms with E-state index in [-0.39, 0.29) is 6.42 Å². The minimum absolute atomic E-state index is 0.0916. The number of aryl methyl sites for hydroxylation is 1. The van der Waals surface area contributed by atoms with Gasteiger partial charge in [0.25, 0.3) is 0 Å². The Labute approximate surface area is 105 Å². The lowest BCUT2D eigenvalue weighted by Crippen LogP contribution is -2.16. The molecule has 1 aromatic rings. The summed E-state index contributed by atoms with van der Waals surface area (Å²) in [5.41, 5.74) is 1.17. The molecule has 0 aliphatic rings. The van der Waals surface area contributed by atoms with Crippen molar-refractivity contribution >= 4 is 22.8 Å². The summed E-state index contributed by atoms with van der Waals surface area (Å²) in [6.07, 6.45) is 1.95. The Morgan fingerprint density at radius 1 is 1.24 bits per heavy atom. The molecule has 17 heavy (non-hydrogen) atoms. The van der Waals surface area contributed by atoms with Gasteiger partial charge in [0.2, 0.25) is 5.24 Å². The van der Waals surface area contributed by atoms with Crippen LogP contribution in [-0.4, -0.2) is 16.3 Å². The molecule has 0 saturated carbocycles. The van der Waals surface area contributed by atoms with Gasteiger partial charge in [-0.3, -0.25) is 9.59 Å². The van der Waals surface area contributed by atoms with Crippen LogP contribution in [0.1, 0.15) is 24.8 Å². The van der Waals surface area contributed by atoms with Crippen LogP contribution in [0.25, 0.3) is 0 Å². The van der Waals surface area contributed by atoms with Gasteiger partial charge in [-0.05, 0) is 36.4 Å². The highest BCUT2D eigenvalue weighted by atomic mass is 35.5. The molecule has 0 aliphatic carbocycles. The Morgan fingerprint density at radius 3 is 2.41 bits per heavy atom. The highest BCUT2D eigenvalue weighted by Gasteiger charge is 2.19. The Bertz CT molecular complexity index is 376. The number of aliphatic carboxylic acids is 1. The van der Waals surface area contributed by atoms with Gasteiger partial charge in [0.1, 0.15) is 0 Å². The first-order valence-corrected chi connectivity index (χ1v) is 5.92. The van der Waals surface area contributed by atoms with E-state index < -0.39 is 17.1 Å². The van der Waals surface area contributed by atoms with Crippen molar-refractivity contribution in [3.05, 3.63) is 35.9 Å². The van der Waals surface area contributed by atoms with Crippen molar-refractivity contribution in [3.63, 3.8) is 0 Å². The third-order valence-corrected chi connectivity index (χ3v) is 2.77. The second-order valence-electron chi connectivity index (χ2n) is 3.97. The smallest absolute Gasteiger partial charge is 0.306 e. The molecule has 1 aromatic carbocycles. The maximum Gasteiger partial charge on any atom is 0.306 e. The van der Waals surface area contributed by atoms with Crippen molar-refractivity contribution in [2.45, 2.75) is 25.7 Å². The largest absolute Gasteiger partial charge is 0.481 e. The average molecular weight is 255 g/mol. The Morgan fingerprint density at radius 2 is 1.88 bits per heavy atom. The second kappa shape index (κ2) is 7.07. The van der Waals surface area contributed by atoms with Crippen molar-refractivity contribution in [2.24, 2.45) is 5.92 Å².